The van der Waals surface area contributed by atoms with E-state index in [1.165, 1.54) is 11.3 Å². The predicted molar refractivity (Wildman–Crippen MR) is 108 cm³/mol. The normalized spacial score (nSPS) is 14.9. The summed E-state index contributed by atoms with van der Waals surface area (Å²) < 4.78 is 16.6. The Morgan fingerprint density at radius 3 is 2.89 bits per heavy atom. The van der Waals surface area contributed by atoms with Crippen molar-refractivity contribution in [3.05, 3.63) is 63.0 Å². The van der Waals surface area contributed by atoms with Gasteiger partial charge in [-0.15, -0.1) is 11.3 Å². The lowest BCUT2D eigenvalue weighted by Crippen LogP contribution is -2.04. The molecule has 0 unspecified atom stereocenters. The lowest BCUT2D eigenvalue weighted by molar-refractivity contribution is -0.129. The Morgan fingerprint density at radius 2 is 2.22 bits per heavy atom. The Morgan fingerprint density at radius 1 is 1.41 bits per heavy atom. The number of hydrogen-bond acceptors (Lipinski definition) is 6. The van der Waals surface area contributed by atoms with Gasteiger partial charge >= 0.3 is 5.97 Å². The number of carbonyl (C=O) groups excluding carboxylic acids is 1. The quantitative estimate of drug-likeness (QED) is 0.366. The Kier molecular flexibility index (Phi) is 5.98. The number of esters is 1. The van der Waals surface area contributed by atoms with Gasteiger partial charge in [0.1, 0.15) is 6.61 Å². The molecule has 0 atom stereocenters. The second-order valence-corrected chi connectivity index (χ2v) is 7.18. The van der Waals surface area contributed by atoms with Crippen molar-refractivity contribution in [3.63, 3.8) is 0 Å². The van der Waals surface area contributed by atoms with Crippen LogP contribution >= 0.6 is 22.9 Å². The molecule has 1 aromatic heterocycles. The van der Waals surface area contributed by atoms with Crippen LogP contribution in [-0.4, -0.2) is 25.1 Å². The van der Waals surface area contributed by atoms with E-state index in [1.54, 1.807) is 18.2 Å². The van der Waals surface area contributed by atoms with Crippen LogP contribution in [0.15, 0.2) is 52.5 Å². The first-order valence-electron chi connectivity index (χ1n) is 8.28. The summed E-state index contributed by atoms with van der Waals surface area (Å²) in [4.78, 5) is 17.2. The molecule has 1 aromatic carbocycles. The highest BCUT2D eigenvalue weighted by Crippen LogP contribution is 2.38. The van der Waals surface area contributed by atoms with Crippen molar-refractivity contribution < 1.29 is 19.0 Å². The summed E-state index contributed by atoms with van der Waals surface area (Å²) in [5, 5.41) is 2.27. The maximum absolute atomic E-state index is 12.1. The average Bonchev–Trinajstić information content (AvgIpc) is 3.25. The van der Waals surface area contributed by atoms with Gasteiger partial charge in [0, 0.05) is 0 Å². The Balaban J connectivity index is 1.93. The van der Waals surface area contributed by atoms with Gasteiger partial charge in [0.05, 0.1) is 16.5 Å². The van der Waals surface area contributed by atoms with E-state index >= 15 is 0 Å². The summed E-state index contributed by atoms with van der Waals surface area (Å²) >= 11 is 7.82. The number of aliphatic imine (C=N–C) groups is 1. The number of cyclic esters (lactones) is 1. The summed E-state index contributed by atoms with van der Waals surface area (Å²) in [6.07, 6.45) is 1.61. The van der Waals surface area contributed by atoms with Crippen LogP contribution in [0.1, 0.15) is 24.3 Å². The molecule has 27 heavy (non-hydrogen) atoms. The van der Waals surface area contributed by atoms with Crippen LogP contribution < -0.4 is 9.47 Å². The number of thiophene rings is 1. The van der Waals surface area contributed by atoms with E-state index in [0.717, 1.165) is 10.5 Å². The van der Waals surface area contributed by atoms with Crippen LogP contribution in [0, 0.1) is 0 Å². The predicted octanol–water partition coefficient (Wildman–Crippen LogP) is 5.10. The summed E-state index contributed by atoms with van der Waals surface area (Å²) in [5.74, 6) is 0.737. The molecule has 2 aromatic rings. The number of carbonyl (C=O) groups is 1. The van der Waals surface area contributed by atoms with E-state index < -0.39 is 5.97 Å². The molecule has 0 aliphatic carbocycles. The van der Waals surface area contributed by atoms with Gasteiger partial charge in [-0.05, 0) is 54.6 Å². The molecule has 7 heteroatoms. The third kappa shape index (κ3) is 4.59. The van der Waals surface area contributed by atoms with Crippen molar-refractivity contribution in [2.75, 3.05) is 13.2 Å². The van der Waals surface area contributed by atoms with Crippen LogP contribution in [-0.2, 0) is 9.53 Å². The molecular weight excluding hydrogens is 386 g/mol. The summed E-state index contributed by atoms with van der Waals surface area (Å²) in [6, 6.07) is 7.16. The number of rotatable bonds is 7. The molecule has 0 N–H and O–H groups in total. The Labute approximate surface area is 166 Å². The molecule has 140 valence electrons. The molecule has 1 aliphatic rings. The van der Waals surface area contributed by atoms with Gasteiger partial charge in [-0.3, -0.25) is 0 Å². The Bertz CT molecular complexity index is 932. The van der Waals surface area contributed by atoms with Crippen LogP contribution in [0.2, 0.25) is 5.02 Å². The van der Waals surface area contributed by atoms with E-state index in [-0.39, 0.29) is 5.70 Å². The zero-order chi connectivity index (χ0) is 19.4. The minimum atomic E-state index is -0.505. The largest absolute Gasteiger partial charge is 0.490 e. The maximum atomic E-state index is 12.1. The van der Waals surface area contributed by atoms with Crippen molar-refractivity contribution in [1.29, 1.82) is 0 Å². The van der Waals surface area contributed by atoms with Crippen molar-refractivity contribution in [2.45, 2.75) is 13.8 Å². The first kappa shape index (κ1) is 19.2. The standard InChI is InChI=1S/C20H18ClNO4S/c1-4-24-16-10-13(8-14(21)18(16)25-11-12(2)3)9-15-20(23)26-19(22-15)17-6-5-7-27-17/h5-10H,2,4,11H2,1,3H3/b15-9-. The molecule has 3 rings (SSSR count). The number of ether oxygens (including phenoxy) is 3. The van der Waals surface area contributed by atoms with Gasteiger partial charge in [-0.2, -0.15) is 0 Å². The van der Waals surface area contributed by atoms with Gasteiger partial charge in [-0.25, -0.2) is 9.79 Å². The van der Waals surface area contributed by atoms with Crippen molar-refractivity contribution in [2.24, 2.45) is 4.99 Å². The highest BCUT2D eigenvalue weighted by atomic mass is 35.5. The van der Waals surface area contributed by atoms with Crippen LogP contribution in [0.3, 0.4) is 0 Å². The maximum Gasteiger partial charge on any atom is 0.363 e. The first-order chi connectivity index (χ1) is 13.0. The van der Waals surface area contributed by atoms with Gasteiger partial charge in [0.25, 0.3) is 0 Å². The second kappa shape index (κ2) is 8.41. The highest BCUT2D eigenvalue weighted by Gasteiger charge is 2.25. The van der Waals surface area contributed by atoms with E-state index in [2.05, 4.69) is 11.6 Å². The zero-order valence-corrected chi connectivity index (χ0v) is 16.5. The van der Waals surface area contributed by atoms with Crippen molar-refractivity contribution >= 4 is 40.9 Å². The minimum absolute atomic E-state index is 0.201. The third-order valence-electron chi connectivity index (χ3n) is 3.45. The number of halogens is 1. The van der Waals surface area contributed by atoms with Gasteiger partial charge < -0.3 is 14.2 Å². The molecule has 0 saturated carbocycles. The molecule has 0 saturated heterocycles. The summed E-state index contributed by atoms with van der Waals surface area (Å²) in [5.41, 5.74) is 1.73. The highest BCUT2D eigenvalue weighted by molar-refractivity contribution is 7.12. The third-order valence-corrected chi connectivity index (χ3v) is 4.59. The first-order valence-corrected chi connectivity index (χ1v) is 9.53. The lowest BCUT2D eigenvalue weighted by atomic mass is 10.1. The van der Waals surface area contributed by atoms with Crippen LogP contribution in [0.25, 0.3) is 6.08 Å². The molecule has 1 aliphatic heterocycles. The van der Waals surface area contributed by atoms with Crippen molar-refractivity contribution in [3.8, 4) is 11.5 Å². The fourth-order valence-corrected chi connectivity index (χ4v) is 3.26. The van der Waals surface area contributed by atoms with E-state index in [1.807, 2.05) is 31.4 Å². The molecule has 0 amide bonds. The van der Waals surface area contributed by atoms with Crippen LogP contribution in [0.4, 0.5) is 0 Å². The fourth-order valence-electron chi connectivity index (χ4n) is 2.34. The number of nitrogens with zero attached hydrogens (tertiary/aromatic N) is 1. The summed E-state index contributed by atoms with van der Waals surface area (Å²) in [6.45, 7) is 8.33. The van der Waals surface area contributed by atoms with Gasteiger partial charge in [0.2, 0.25) is 5.90 Å². The van der Waals surface area contributed by atoms with Gasteiger partial charge in [0.15, 0.2) is 17.2 Å². The van der Waals surface area contributed by atoms with E-state index in [0.29, 0.717) is 41.2 Å². The van der Waals surface area contributed by atoms with E-state index in [9.17, 15) is 4.79 Å². The topological polar surface area (TPSA) is 57.1 Å². The molecule has 0 bridgehead atoms. The molecule has 0 radical (unpaired) electrons. The number of benzene rings is 1. The smallest absolute Gasteiger partial charge is 0.363 e. The Hall–Kier alpha value is -2.57. The fraction of sp³-hybridized carbons (Fsp3) is 0.200. The monoisotopic (exact) mass is 403 g/mol. The molecule has 0 spiro atoms. The number of hydrogen-bond donors (Lipinski definition) is 0. The minimum Gasteiger partial charge on any atom is -0.490 e. The molecular formula is C20H18ClNO4S. The second-order valence-electron chi connectivity index (χ2n) is 5.82. The molecule has 0 fully saturated rings. The SMILES string of the molecule is C=C(C)COc1c(Cl)cc(/C=C2\N=C(c3cccs3)OC2=O)cc1OCC. The summed E-state index contributed by atoms with van der Waals surface area (Å²) in [7, 11) is 0. The lowest BCUT2D eigenvalue weighted by Gasteiger charge is -2.14. The average molecular weight is 404 g/mol. The van der Waals surface area contributed by atoms with Gasteiger partial charge in [-0.1, -0.05) is 24.2 Å². The van der Waals surface area contributed by atoms with Crippen LogP contribution in [0.5, 0.6) is 11.5 Å². The van der Waals surface area contributed by atoms with Crippen molar-refractivity contribution in [1.82, 2.24) is 0 Å². The molecule has 2 heterocycles. The zero-order valence-electron chi connectivity index (χ0n) is 15.0. The molecule has 5 nitrogen and oxygen atoms in total. The van der Waals surface area contributed by atoms with E-state index in [4.69, 9.17) is 25.8 Å².